The molecule has 2 heterocycles. The van der Waals surface area contributed by atoms with E-state index in [1.165, 1.54) is 60.9 Å². The van der Waals surface area contributed by atoms with Crippen LogP contribution in [0.1, 0.15) is 56.5 Å². The first-order valence-electron chi connectivity index (χ1n) is 8.16. The Morgan fingerprint density at radius 2 is 2.15 bits per heavy atom. The van der Waals surface area contributed by atoms with Gasteiger partial charge in [0.2, 0.25) is 0 Å². The molecule has 1 aromatic rings. The average molecular weight is 295 g/mol. The van der Waals surface area contributed by atoms with Crippen molar-refractivity contribution in [1.82, 2.24) is 10.3 Å². The van der Waals surface area contributed by atoms with Crippen molar-refractivity contribution in [2.75, 3.05) is 25.0 Å². The van der Waals surface area contributed by atoms with E-state index in [1.807, 2.05) is 18.4 Å². The first-order chi connectivity index (χ1) is 9.78. The first-order valence-corrected chi connectivity index (χ1v) is 8.98. The van der Waals surface area contributed by atoms with Crippen LogP contribution in [-0.2, 0) is 13.0 Å². The smallest absolute Gasteiger partial charge is 0.185 e. The number of nitrogens with one attached hydrogen (secondary N) is 1. The Labute approximate surface area is 127 Å². The summed E-state index contributed by atoms with van der Waals surface area (Å²) in [6, 6.07) is 0. The van der Waals surface area contributed by atoms with Crippen molar-refractivity contribution in [2.45, 2.75) is 58.9 Å². The standard InChI is InChI=1S/C16H29N3S/c1-4-7-14-15(12-17-3)20-16(18-14)19-10-6-8-13(5-2)9-11-19/h13,17H,4-12H2,1-3H3. The molecule has 2 rings (SSSR count). The van der Waals surface area contributed by atoms with Crippen molar-refractivity contribution in [2.24, 2.45) is 5.92 Å². The molecule has 1 aliphatic rings. The molecule has 0 radical (unpaired) electrons. The van der Waals surface area contributed by atoms with E-state index in [2.05, 4.69) is 24.1 Å². The monoisotopic (exact) mass is 295 g/mol. The highest BCUT2D eigenvalue weighted by Crippen LogP contribution is 2.30. The van der Waals surface area contributed by atoms with E-state index in [-0.39, 0.29) is 0 Å². The van der Waals surface area contributed by atoms with Gasteiger partial charge in [0.25, 0.3) is 0 Å². The second-order valence-corrected chi connectivity index (χ2v) is 6.90. The Hall–Kier alpha value is -0.610. The molecule has 1 atom stereocenters. The third-order valence-corrected chi connectivity index (χ3v) is 5.45. The van der Waals surface area contributed by atoms with Crippen LogP contribution >= 0.6 is 11.3 Å². The lowest BCUT2D eigenvalue weighted by Crippen LogP contribution is -2.24. The van der Waals surface area contributed by atoms with E-state index in [9.17, 15) is 0 Å². The summed E-state index contributed by atoms with van der Waals surface area (Å²) < 4.78 is 0. The summed E-state index contributed by atoms with van der Waals surface area (Å²) in [7, 11) is 2.02. The predicted molar refractivity (Wildman–Crippen MR) is 88.7 cm³/mol. The molecule has 0 aliphatic carbocycles. The van der Waals surface area contributed by atoms with E-state index in [0.29, 0.717) is 0 Å². The summed E-state index contributed by atoms with van der Waals surface area (Å²) in [6.45, 7) is 7.90. The topological polar surface area (TPSA) is 28.2 Å². The maximum Gasteiger partial charge on any atom is 0.185 e. The largest absolute Gasteiger partial charge is 0.348 e. The van der Waals surface area contributed by atoms with E-state index < -0.39 is 0 Å². The lowest BCUT2D eigenvalue weighted by Gasteiger charge is -2.19. The van der Waals surface area contributed by atoms with Crippen LogP contribution < -0.4 is 10.2 Å². The van der Waals surface area contributed by atoms with Crippen molar-refractivity contribution in [3.8, 4) is 0 Å². The molecule has 0 bridgehead atoms. The Balaban J connectivity index is 2.09. The van der Waals surface area contributed by atoms with Crippen molar-refractivity contribution in [1.29, 1.82) is 0 Å². The summed E-state index contributed by atoms with van der Waals surface area (Å²) in [5, 5.41) is 4.54. The van der Waals surface area contributed by atoms with Gasteiger partial charge in [-0.1, -0.05) is 26.7 Å². The third-order valence-electron chi connectivity index (χ3n) is 4.29. The molecule has 0 amide bonds. The van der Waals surface area contributed by atoms with Gasteiger partial charge in [-0.3, -0.25) is 0 Å². The fraction of sp³-hybridized carbons (Fsp3) is 0.812. The Morgan fingerprint density at radius 1 is 1.30 bits per heavy atom. The van der Waals surface area contributed by atoms with E-state index in [4.69, 9.17) is 4.98 Å². The van der Waals surface area contributed by atoms with Gasteiger partial charge in [-0.05, 0) is 38.6 Å². The maximum atomic E-state index is 4.94. The number of aryl methyl sites for hydroxylation is 1. The number of hydrogen-bond acceptors (Lipinski definition) is 4. The van der Waals surface area contributed by atoms with Crippen molar-refractivity contribution < 1.29 is 0 Å². The average Bonchev–Trinajstić information content (AvgIpc) is 2.71. The van der Waals surface area contributed by atoms with Gasteiger partial charge in [-0.2, -0.15) is 0 Å². The number of thiazole rings is 1. The predicted octanol–water partition coefficient (Wildman–Crippen LogP) is 3.83. The highest BCUT2D eigenvalue weighted by Gasteiger charge is 2.20. The summed E-state index contributed by atoms with van der Waals surface area (Å²) in [6.07, 6.45) is 7.67. The van der Waals surface area contributed by atoms with Crippen LogP contribution in [0.4, 0.5) is 5.13 Å². The molecule has 1 unspecified atom stereocenters. The second kappa shape index (κ2) is 7.99. The number of anilines is 1. The Bertz CT molecular complexity index is 379. The molecular formula is C16H29N3S. The van der Waals surface area contributed by atoms with Gasteiger partial charge < -0.3 is 10.2 Å². The zero-order chi connectivity index (χ0) is 14.4. The van der Waals surface area contributed by atoms with Crippen LogP contribution in [0, 0.1) is 5.92 Å². The molecule has 4 heteroatoms. The lowest BCUT2D eigenvalue weighted by molar-refractivity contribution is 0.459. The minimum atomic E-state index is 0.923. The minimum Gasteiger partial charge on any atom is -0.348 e. The van der Waals surface area contributed by atoms with Crippen molar-refractivity contribution in [3.63, 3.8) is 0 Å². The number of nitrogens with zero attached hydrogens (tertiary/aromatic N) is 2. The first kappa shape index (κ1) is 15.8. The molecule has 114 valence electrons. The Morgan fingerprint density at radius 3 is 2.85 bits per heavy atom. The molecular weight excluding hydrogens is 266 g/mol. The number of aromatic nitrogens is 1. The lowest BCUT2D eigenvalue weighted by atomic mass is 9.98. The van der Waals surface area contributed by atoms with Crippen LogP contribution in [0.5, 0.6) is 0 Å². The van der Waals surface area contributed by atoms with Crippen LogP contribution in [0.15, 0.2) is 0 Å². The highest BCUT2D eigenvalue weighted by atomic mass is 32.1. The van der Waals surface area contributed by atoms with Crippen LogP contribution in [-0.4, -0.2) is 25.1 Å². The van der Waals surface area contributed by atoms with Gasteiger partial charge in [0, 0.05) is 24.5 Å². The molecule has 1 saturated heterocycles. The molecule has 0 aromatic carbocycles. The van der Waals surface area contributed by atoms with Crippen molar-refractivity contribution >= 4 is 16.5 Å². The summed E-state index contributed by atoms with van der Waals surface area (Å²) >= 11 is 1.90. The molecule has 1 aliphatic heterocycles. The normalized spacial score (nSPS) is 20.1. The van der Waals surface area contributed by atoms with Gasteiger partial charge in [0.05, 0.1) is 5.69 Å². The van der Waals surface area contributed by atoms with E-state index in [0.717, 1.165) is 18.9 Å². The summed E-state index contributed by atoms with van der Waals surface area (Å²) in [4.78, 5) is 8.90. The molecule has 20 heavy (non-hydrogen) atoms. The zero-order valence-corrected chi connectivity index (χ0v) is 14.1. The van der Waals surface area contributed by atoms with Crippen LogP contribution in [0.3, 0.4) is 0 Å². The zero-order valence-electron chi connectivity index (χ0n) is 13.2. The third kappa shape index (κ3) is 3.95. The van der Waals surface area contributed by atoms with Gasteiger partial charge in [-0.25, -0.2) is 4.98 Å². The van der Waals surface area contributed by atoms with Gasteiger partial charge in [0.15, 0.2) is 5.13 Å². The van der Waals surface area contributed by atoms with Crippen molar-refractivity contribution in [3.05, 3.63) is 10.6 Å². The van der Waals surface area contributed by atoms with E-state index >= 15 is 0 Å². The number of rotatable bonds is 6. The molecule has 3 nitrogen and oxygen atoms in total. The van der Waals surface area contributed by atoms with Crippen LogP contribution in [0.2, 0.25) is 0 Å². The quantitative estimate of drug-likeness (QED) is 0.864. The van der Waals surface area contributed by atoms with Gasteiger partial charge in [-0.15, -0.1) is 11.3 Å². The van der Waals surface area contributed by atoms with Gasteiger partial charge >= 0.3 is 0 Å². The number of hydrogen-bond donors (Lipinski definition) is 1. The minimum absolute atomic E-state index is 0.923. The SMILES string of the molecule is CCCc1nc(N2CCCC(CC)CC2)sc1CNC. The molecule has 0 spiro atoms. The molecule has 0 saturated carbocycles. The van der Waals surface area contributed by atoms with Gasteiger partial charge in [0.1, 0.15) is 0 Å². The maximum absolute atomic E-state index is 4.94. The molecule has 1 N–H and O–H groups in total. The molecule has 1 aromatic heterocycles. The van der Waals surface area contributed by atoms with E-state index in [1.54, 1.807) is 0 Å². The summed E-state index contributed by atoms with van der Waals surface area (Å²) in [5.41, 5.74) is 1.32. The Kier molecular flexibility index (Phi) is 6.30. The molecule has 1 fully saturated rings. The second-order valence-electron chi connectivity index (χ2n) is 5.84. The fourth-order valence-electron chi connectivity index (χ4n) is 3.00. The van der Waals surface area contributed by atoms with Crippen LogP contribution in [0.25, 0.3) is 0 Å². The summed E-state index contributed by atoms with van der Waals surface area (Å²) in [5.74, 6) is 0.923. The highest BCUT2D eigenvalue weighted by molar-refractivity contribution is 7.15. The fourth-order valence-corrected chi connectivity index (χ4v) is 4.17.